The number of aliphatic hydroxyl groups excluding tert-OH is 2. The molecule has 2 heterocycles. The van der Waals surface area contributed by atoms with Crippen LogP contribution >= 0.6 is 0 Å². The number of aliphatic hydroxyl groups is 2. The Morgan fingerprint density at radius 3 is 2.56 bits per heavy atom. The molecule has 2 aromatic rings. The molecule has 1 saturated heterocycles. The molecule has 0 unspecified atom stereocenters. The molecule has 10 heteroatoms. The molecule has 0 saturated carbocycles. The van der Waals surface area contributed by atoms with Gasteiger partial charge in [-0.2, -0.15) is 0 Å². The molecule has 1 aromatic heterocycles. The van der Waals surface area contributed by atoms with Gasteiger partial charge in [-0.3, -0.25) is 29.3 Å². The lowest BCUT2D eigenvalue weighted by Crippen LogP contribution is -2.40. The van der Waals surface area contributed by atoms with Crippen molar-refractivity contribution in [3.8, 4) is 0 Å². The van der Waals surface area contributed by atoms with E-state index in [1.165, 1.54) is 12.1 Å². The summed E-state index contributed by atoms with van der Waals surface area (Å²) in [5.41, 5.74) is -2.05. The van der Waals surface area contributed by atoms with Crippen molar-refractivity contribution >= 4 is 11.8 Å². The zero-order chi connectivity index (χ0) is 19.6. The van der Waals surface area contributed by atoms with Gasteiger partial charge in [-0.05, 0) is 12.1 Å². The van der Waals surface area contributed by atoms with E-state index in [-0.39, 0.29) is 12.0 Å². The summed E-state index contributed by atoms with van der Waals surface area (Å²) in [6.07, 6.45) is -1.91. The van der Waals surface area contributed by atoms with Crippen molar-refractivity contribution in [2.75, 3.05) is 6.61 Å². The lowest BCUT2D eigenvalue weighted by molar-refractivity contribution is -0.0459. The van der Waals surface area contributed by atoms with Crippen molar-refractivity contribution in [3.05, 3.63) is 68.5 Å². The van der Waals surface area contributed by atoms with Crippen LogP contribution < -0.4 is 16.6 Å². The van der Waals surface area contributed by atoms with Gasteiger partial charge in [-0.25, -0.2) is 4.79 Å². The van der Waals surface area contributed by atoms with E-state index in [2.05, 4.69) is 5.32 Å². The summed E-state index contributed by atoms with van der Waals surface area (Å²) in [5.74, 6) is -1.69. The highest BCUT2D eigenvalue weighted by molar-refractivity contribution is 6.10. The van der Waals surface area contributed by atoms with E-state index >= 15 is 0 Å². The van der Waals surface area contributed by atoms with Crippen molar-refractivity contribution in [2.24, 2.45) is 0 Å². The van der Waals surface area contributed by atoms with Crippen LogP contribution in [0.4, 0.5) is 0 Å². The number of H-pyrrole nitrogens is 1. The molecule has 1 fully saturated rings. The van der Waals surface area contributed by atoms with Crippen LogP contribution in [-0.2, 0) is 4.74 Å². The second-order valence-electron chi connectivity index (χ2n) is 5.97. The van der Waals surface area contributed by atoms with Crippen LogP contribution in [-0.4, -0.2) is 50.4 Å². The second kappa shape index (κ2) is 7.66. The number of ether oxygens (including phenoxy) is 1. The van der Waals surface area contributed by atoms with Crippen LogP contribution in [0.2, 0.25) is 0 Å². The molecule has 27 heavy (non-hydrogen) atoms. The Morgan fingerprint density at radius 2 is 1.93 bits per heavy atom. The Morgan fingerprint density at radius 1 is 1.22 bits per heavy atom. The summed E-state index contributed by atoms with van der Waals surface area (Å²) in [6.45, 7) is -0.450. The van der Waals surface area contributed by atoms with E-state index < -0.39 is 53.7 Å². The quantitative estimate of drug-likeness (QED) is 0.487. The maximum absolute atomic E-state index is 12.3. The Labute approximate surface area is 152 Å². The molecule has 0 aliphatic carbocycles. The minimum atomic E-state index is -1.00. The molecule has 3 atom stereocenters. The molecule has 3 rings (SSSR count). The zero-order valence-electron chi connectivity index (χ0n) is 14.0. The summed E-state index contributed by atoms with van der Waals surface area (Å²) in [7, 11) is 0. The van der Waals surface area contributed by atoms with Gasteiger partial charge in [0.1, 0.15) is 17.9 Å². The van der Waals surface area contributed by atoms with Crippen LogP contribution in [0.5, 0.6) is 0 Å². The van der Waals surface area contributed by atoms with Gasteiger partial charge in [0, 0.05) is 18.2 Å². The van der Waals surface area contributed by atoms with Crippen molar-refractivity contribution in [1.29, 1.82) is 0 Å². The standard InChI is InChI=1S/C17H17N3O7/c21-8-12-11(22)6-13(27-12)20-7-10(16(25)19-17(20)26)15(24)18-14(23)9-4-2-1-3-5-9/h1-5,7,11-13,21-22H,6,8H2,(H,18,23,24)(H,19,25,26)/t11-,12+,13+/m0/s1. The fraction of sp³-hybridized carbons (Fsp3) is 0.294. The number of nitrogens with one attached hydrogen (secondary N) is 2. The molecule has 4 N–H and O–H groups in total. The third-order valence-electron chi connectivity index (χ3n) is 4.17. The number of carbonyl (C=O) groups is 2. The summed E-state index contributed by atoms with van der Waals surface area (Å²) in [6, 6.07) is 7.93. The number of hydrogen-bond acceptors (Lipinski definition) is 7. The Balaban J connectivity index is 1.86. The minimum absolute atomic E-state index is 0.0127. The highest BCUT2D eigenvalue weighted by Gasteiger charge is 2.35. The first-order valence-corrected chi connectivity index (χ1v) is 8.11. The maximum atomic E-state index is 12.3. The Kier molecular flexibility index (Phi) is 5.31. The van der Waals surface area contributed by atoms with Gasteiger partial charge in [0.25, 0.3) is 17.4 Å². The number of aromatic amines is 1. The highest BCUT2D eigenvalue weighted by atomic mass is 16.5. The molecule has 1 aromatic carbocycles. The molecule has 0 bridgehead atoms. The van der Waals surface area contributed by atoms with Crippen LogP contribution in [0, 0.1) is 0 Å². The van der Waals surface area contributed by atoms with Crippen LogP contribution in [0.25, 0.3) is 0 Å². The molecule has 10 nitrogen and oxygen atoms in total. The Bertz CT molecular complexity index is 966. The van der Waals surface area contributed by atoms with E-state index in [1.807, 2.05) is 4.98 Å². The molecule has 142 valence electrons. The third-order valence-corrected chi connectivity index (χ3v) is 4.17. The average molecular weight is 375 g/mol. The molecule has 1 aliphatic heterocycles. The lowest BCUT2D eigenvalue weighted by atomic mass is 10.2. The van der Waals surface area contributed by atoms with Gasteiger partial charge in [-0.15, -0.1) is 0 Å². The average Bonchev–Trinajstić information content (AvgIpc) is 3.02. The number of amides is 2. The molecule has 2 amide bonds. The van der Waals surface area contributed by atoms with Crippen molar-refractivity contribution in [3.63, 3.8) is 0 Å². The molecule has 0 radical (unpaired) electrons. The molecular weight excluding hydrogens is 358 g/mol. The van der Waals surface area contributed by atoms with E-state index in [9.17, 15) is 24.3 Å². The topological polar surface area (TPSA) is 151 Å². The number of carbonyl (C=O) groups excluding carboxylic acids is 2. The molecular formula is C17H17N3O7. The van der Waals surface area contributed by atoms with Crippen molar-refractivity contribution in [1.82, 2.24) is 14.9 Å². The van der Waals surface area contributed by atoms with Crippen LogP contribution in [0.3, 0.4) is 0 Å². The first-order valence-electron chi connectivity index (χ1n) is 8.11. The summed E-state index contributed by atoms with van der Waals surface area (Å²) in [5, 5.41) is 21.0. The molecule has 1 aliphatic rings. The van der Waals surface area contributed by atoms with E-state index in [0.29, 0.717) is 0 Å². The van der Waals surface area contributed by atoms with Gasteiger partial charge in [0.2, 0.25) is 0 Å². The predicted molar refractivity (Wildman–Crippen MR) is 91.2 cm³/mol. The number of aromatic nitrogens is 2. The third kappa shape index (κ3) is 3.87. The highest BCUT2D eigenvalue weighted by Crippen LogP contribution is 2.27. The largest absolute Gasteiger partial charge is 0.394 e. The second-order valence-corrected chi connectivity index (χ2v) is 5.97. The predicted octanol–water partition coefficient (Wildman–Crippen LogP) is -1.25. The monoisotopic (exact) mass is 375 g/mol. The summed E-state index contributed by atoms with van der Waals surface area (Å²) < 4.78 is 6.29. The summed E-state index contributed by atoms with van der Waals surface area (Å²) in [4.78, 5) is 50.4. The lowest BCUT2D eigenvalue weighted by Gasteiger charge is -2.15. The van der Waals surface area contributed by atoms with Gasteiger partial charge < -0.3 is 14.9 Å². The first-order chi connectivity index (χ1) is 12.9. The van der Waals surface area contributed by atoms with Crippen LogP contribution in [0.1, 0.15) is 33.4 Å². The van der Waals surface area contributed by atoms with Gasteiger partial charge in [0.05, 0.1) is 12.7 Å². The first kappa shape index (κ1) is 18.7. The summed E-state index contributed by atoms with van der Waals surface area (Å²) >= 11 is 0. The minimum Gasteiger partial charge on any atom is -0.394 e. The normalized spacial score (nSPS) is 21.8. The van der Waals surface area contributed by atoms with Gasteiger partial charge in [0.15, 0.2) is 0 Å². The smallest absolute Gasteiger partial charge is 0.330 e. The van der Waals surface area contributed by atoms with Crippen LogP contribution in [0.15, 0.2) is 46.1 Å². The molecule has 0 spiro atoms. The maximum Gasteiger partial charge on any atom is 0.330 e. The van der Waals surface area contributed by atoms with Gasteiger partial charge >= 0.3 is 5.69 Å². The number of imide groups is 1. The van der Waals surface area contributed by atoms with E-state index in [0.717, 1.165) is 10.8 Å². The van der Waals surface area contributed by atoms with Crippen molar-refractivity contribution in [2.45, 2.75) is 24.9 Å². The fourth-order valence-corrected chi connectivity index (χ4v) is 2.74. The number of nitrogens with zero attached hydrogens (tertiary/aromatic N) is 1. The number of hydrogen-bond donors (Lipinski definition) is 4. The van der Waals surface area contributed by atoms with Crippen molar-refractivity contribution < 1.29 is 24.5 Å². The van der Waals surface area contributed by atoms with Gasteiger partial charge in [-0.1, -0.05) is 18.2 Å². The SMILES string of the molecule is O=C(NC(=O)c1cn([C@H]2C[C@H](O)[C@@H](CO)O2)c(=O)[nH]c1=O)c1ccccc1. The van der Waals surface area contributed by atoms with E-state index in [1.54, 1.807) is 18.2 Å². The Hall–Kier alpha value is -3.08. The fourth-order valence-electron chi connectivity index (χ4n) is 2.74. The zero-order valence-corrected chi connectivity index (χ0v) is 14.0. The van der Waals surface area contributed by atoms with E-state index in [4.69, 9.17) is 9.84 Å². The number of rotatable bonds is 4. The number of benzene rings is 1.